The standard InChI is InChI=1S/C7H4BrClF2N2O/c8-3-1-2(7(10)11)4(12)5(13-3)6(9)14/h1,7H,12H2. The summed E-state index contributed by atoms with van der Waals surface area (Å²) >= 11 is 7.98. The third kappa shape index (κ3) is 2.19. The first-order valence-electron chi connectivity index (χ1n) is 3.37. The van der Waals surface area contributed by atoms with Crippen LogP contribution in [0.3, 0.4) is 0 Å². The minimum Gasteiger partial charge on any atom is -0.396 e. The maximum absolute atomic E-state index is 12.4. The summed E-state index contributed by atoms with van der Waals surface area (Å²) in [6.45, 7) is 0. The van der Waals surface area contributed by atoms with Gasteiger partial charge in [-0.25, -0.2) is 13.8 Å². The third-order valence-electron chi connectivity index (χ3n) is 1.48. The predicted molar refractivity (Wildman–Crippen MR) is 51.5 cm³/mol. The Balaban J connectivity index is 3.40. The lowest BCUT2D eigenvalue weighted by molar-refractivity contribution is 0.107. The lowest BCUT2D eigenvalue weighted by Crippen LogP contribution is -2.06. The average molecular weight is 285 g/mol. The van der Waals surface area contributed by atoms with Crippen molar-refractivity contribution in [1.29, 1.82) is 0 Å². The van der Waals surface area contributed by atoms with Gasteiger partial charge < -0.3 is 5.73 Å². The van der Waals surface area contributed by atoms with Gasteiger partial charge in [0.25, 0.3) is 11.7 Å². The van der Waals surface area contributed by atoms with Crippen LogP contribution in [0.25, 0.3) is 0 Å². The minimum atomic E-state index is -2.77. The topological polar surface area (TPSA) is 56.0 Å². The molecule has 2 N–H and O–H groups in total. The van der Waals surface area contributed by atoms with E-state index in [1.165, 1.54) is 0 Å². The fraction of sp³-hybridized carbons (Fsp3) is 0.143. The number of anilines is 1. The lowest BCUT2D eigenvalue weighted by Gasteiger charge is -2.07. The molecule has 0 aliphatic rings. The van der Waals surface area contributed by atoms with Crippen LogP contribution in [0, 0.1) is 0 Å². The second kappa shape index (κ2) is 4.18. The molecular weight excluding hydrogens is 281 g/mol. The van der Waals surface area contributed by atoms with E-state index in [2.05, 4.69) is 20.9 Å². The fourth-order valence-corrected chi connectivity index (χ4v) is 1.44. The molecular formula is C7H4BrClF2N2O. The van der Waals surface area contributed by atoms with E-state index in [1.54, 1.807) is 0 Å². The largest absolute Gasteiger partial charge is 0.396 e. The van der Waals surface area contributed by atoms with Gasteiger partial charge in [-0.05, 0) is 33.6 Å². The van der Waals surface area contributed by atoms with Gasteiger partial charge in [0.15, 0.2) is 0 Å². The average Bonchev–Trinajstić information content (AvgIpc) is 2.07. The maximum Gasteiger partial charge on any atom is 0.273 e. The molecule has 0 amide bonds. The van der Waals surface area contributed by atoms with Gasteiger partial charge in [-0.2, -0.15) is 0 Å². The van der Waals surface area contributed by atoms with Crippen molar-refractivity contribution in [2.45, 2.75) is 6.43 Å². The molecule has 0 saturated heterocycles. The number of pyridine rings is 1. The second-order valence-corrected chi connectivity index (χ2v) is 3.53. The van der Waals surface area contributed by atoms with Crippen LogP contribution in [0.5, 0.6) is 0 Å². The highest BCUT2D eigenvalue weighted by Gasteiger charge is 2.19. The van der Waals surface area contributed by atoms with Crippen LogP contribution in [0.15, 0.2) is 10.7 Å². The van der Waals surface area contributed by atoms with E-state index in [0.29, 0.717) is 0 Å². The van der Waals surface area contributed by atoms with Gasteiger partial charge in [0.2, 0.25) is 0 Å². The summed E-state index contributed by atoms with van der Waals surface area (Å²) in [5.74, 6) is 0. The van der Waals surface area contributed by atoms with Gasteiger partial charge in [-0.3, -0.25) is 4.79 Å². The molecule has 14 heavy (non-hydrogen) atoms. The summed E-state index contributed by atoms with van der Waals surface area (Å²) in [6, 6.07) is 1.04. The monoisotopic (exact) mass is 284 g/mol. The van der Waals surface area contributed by atoms with Gasteiger partial charge in [0.05, 0.1) is 5.69 Å². The zero-order valence-corrected chi connectivity index (χ0v) is 8.94. The Hall–Kier alpha value is -0.750. The molecule has 1 aromatic heterocycles. The molecule has 0 saturated carbocycles. The molecule has 0 bridgehead atoms. The van der Waals surface area contributed by atoms with Crippen LogP contribution in [0.1, 0.15) is 22.5 Å². The number of halogens is 4. The number of nitrogen functional groups attached to an aromatic ring is 1. The number of aromatic nitrogens is 1. The second-order valence-electron chi connectivity index (χ2n) is 2.37. The van der Waals surface area contributed by atoms with Crippen LogP contribution < -0.4 is 5.73 Å². The molecule has 0 spiro atoms. The van der Waals surface area contributed by atoms with Crippen LogP contribution in [0.2, 0.25) is 0 Å². The fourth-order valence-electron chi connectivity index (χ4n) is 0.872. The molecule has 0 fully saturated rings. The number of nitrogens with two attached hydrogens (primary N) is 1. The van der Waals surface area contributed by atoms with Crippen molar-refractivity contribution in [2.24, 2.45) is 0 Å². The third-order valence-corrected chi connectivity index (χ3v) is 2.07. The normalized spacial score (nSPS) is 10.6. The summed E-state index contributed by atoms with van der Waals surface area (Å²) < 4.78 is 24.8. The van der Waals surface area contributed by atoms with Gasteiger partial charge >= 0.3 is 0 Å². The predicted octanol–water partition coefficient (Wildman–Crippen LogP) is 2.74. The van der Waals surface area contributed by atoms with E-state index in [4.69, 9.17) is 17.3 Å². The lowest BCUT2D eigenvalue weighted by atomic mass is 10.2. The Morgan fingerprint density at radius 1 is 1.64 bits per heavy atom. The molecule has 0 aliphatic heterocycles. The van der Waals surface area contributed by atoms with Crippen LogP contribution >= 0.6 is 27.5 Å². The summed E-state index contributed by atoms with van der Waals surface area (Å²) in [5.41, 5.74) is 4.07. The van der Waals surface area contributed by atoms with Crippen molar-refractivity contribution in [3.63, 3.8) is 0 Å². The maximum atomic E-state index is 12.4. The molecule has 7 heteroatoms. The van der Waals surface area contributed by atoms with Crippen LogP contribution in [-0.4, -0.2) is 10.2 Å². The SMILES string of the molecule is Nc1c(C(F)F)cc(Br)nc1C(=O)Cl. The van der Waals surface area contributed by atoms with Crippen molar-refractivity contribution < 1.29 is 13.6 Å². The van der Waals surface area contributed by atoms with Gasteiger partial charge in [0.1, 0.15) is 10.3 Å². The number of hydrogen-bond donors (Lipinski definition) is 1. The van der Waals surface area contributed by atoms with E-state index >= 15 is 0 Å². The molecule has 76 valence electrons. The van der Waals surface area contributed by atoms with Crippen molar-refractivity contribution >= 4 is 38.5 Å². The van der Waals surface area contributed by atoms with E-state index in [0.717, 1.165) is 6.07 Å². The van der Waals surface area contributed by atoms with Crippen molar-refractivity contribution in [3.05, 3.63) is 21.9 Å². The number of rotatable bonds is 2. The Labute approximate surface area is 91.4 Å². The Kier molecular flexibility index (Phi) is 3.38. The van der Waals surface area contributed by atoms with E-state index < -0.39 is 17.2 Å². The first-order chi connectivity index (χ1) is 6.43. The van der Waals surface area contributed by atoms with Crippen molar-refractivity contribution in [3.8, 4) is 0 Å². The van der Waals surface area contributed by atoms with E-state index in [9.17, 15) is 13.6 Å². The van der Waals surface area contributed by atoms with E-state index in [-0.39, 0.29) is 16.0 Å². The number of alkyl halides is 2. The van der Waals surface area contributed by atoms with Gasteiger partial charge in [0, 0.05) is 5.56 Å². The number of nitrogens with zero attached hydrogens (tertiary/aromatic N) is 1. The Bertz CT molecular complexity index is 386. The number of carbonyl (C=O) groups excluding carboxylic acids is 1. The first-order valence-corrected chi connectivity index (χ1v) is 4.54. The molecule has 0 unspecified atom stereocenters. The number of carbonyl (C=O) groups is 1. The smallest absolute Gasteiger partial charge is 0.273 e. The minimum absolute atomic E-state index is 0.0889. The van der Waals surface area contributed by atoms with Crippen LogP contribution in [0.4, 0.5) is 14.5 Å². The van der Waals surface area contributed by atoms with Crippen LogP contribution in [-0.2, 0) is 0 Å². The van der Waals surface area contributed by atoms with Gasteiger partial charge in [-0.15, -0.1) is 0 Å². The molecule has 3 nitrogen and oxygen atoms in total. The molecule has 0 aliphatic carbocycles. The summed E-state index contributed by atoms with van der Waals surface area (Å²) in [5, 5.41) is -0.967. The Morgan fingerprint density at radius 3 is 2.64 bits per heavy atom. The molecule has 1 rings (SSSR count). The summed E-state index contributed by atoms with van der Waals surface area (Å²) in [7, 11) is 0. The highest BCUT2D eigenvalue weighted by molar-refractivity contribution is 9.10. The zero-order chi connectivity index (χ0) is 10.9. The quantitative estimate of drug-likeness (QED) is 0.671. The zero-order valence-electron chi connectivity index (χ0n) is 6.60. The summed E-state index contributed by atoms with van der Waals surface area (Å²) in [4.78, 5) is 14.3. The van der Waals surface area contributed by atoms with E-state index in [1.807, 2.05) is 0 Å². The molecule has 0 atom stereocenters. The first kappa shape index (κ1) is 11.3. The molecule has 0 aromatic carbocycles. The van der Waals surface area contributed by atoms with Gasteiger partial charge in [-0.1, -0.05) is 0 Å². The van der Waals surface area contributed by atoms with Crippen molar-refractivity contribution in [2.75, 3.05) is 5.73 Å². The molecule has 1 heterocycles. The highest BCUT2D eigenvalue weighted by atomic mass is 79.9. The highest BCUT2D eigenvalue weighted by Crippen LogP contribution is 2.29. The number of hydrogen-bond acceptors (Lipinski definition) is 3. The summed E-state index contributed by atoms with van der Waals surface area (Å²) in [6.07, 6.45) is -2.77. The van der Waals surface area contributed by atoms with Crippen molar-refractivity contribution in [1.82, 2.24) is 4.98 Å². The molecule has 0 radical (unpaired) electrons. The Morgan fingerprint density at radius 2 is 2.21 bits per heavy atom. The molecule has 1 aromatic rings.